The summed E-state index contributed by atoms with van der Waals surface area (Å²) in [5.74, 6) is -1.02. The van der Waals surface area contributed by atoms with Gasteiger partial charge in [0, 0.05) is 29.0 Å². The van der Waals surface area contributed by atoms with E-state index < -0.39 is 5.97 Å². The van der Waals surface area contributed by atoms with Gasteiger partial charge >= 0.3 is 5.97 Å². The molecule has 5 nitrogen and oxygen atoms in total. The number of benzene rings is 2. The number of pyridine rings is 1. The molecular formula is C20H18N2O3. The minimum Gasteiger partial charge on any atom is -0.478 e. The van der Waals surface area contributed by atoms with Crippen molar-refractivity contribution in [2.75, 3.05) is 0 Å². The Hall–Kier alpha value is -2.92. The lowest BCUT2D eigenvalue weighted by atomic mass is 10.0. The van der Waals surface area contributed by atoms with Crippen LogP contribution in [0.1, 0.15) is 28.9 Å². The summed E-state index contributed by atoms with van der Waals surface area (Å²) in [5, 5.41) is 14.1. The van der Waals surface area contributed by atoms with E-state index in [2.05, 4.69) is 5.32 Å². The highest BCUT2D eigenvalue weighted by Crippen LogP contribution is 2.24. The number of para-hydroxylation sites is 1. The Kier molecular flexibility index (Phi) is 3.86. The number of carbonyl (C=O) groups is 1. The third kappa shape index (κ3) is 2.83. The standard InChI is InChI=1S/C20H18N2O3/c23-19-16-9-5-4-8-15(16)18(20(24)25)17(12-21-13-10-11-13)22(19)14-6-2-1-3-7-14/h1-9,13,21H,10-12H2,(H,24,25). The number of hydrogen-bond donors (Lipinski definition) is 2. The predicted octanol–water partition coefficient (Wildman–Crippen LogP) is 2.94. The van der Waals surface area contributed by atoms with Crippen LogP contribution in [0.2, 0.25) is 0 Å². The molecule has 0 atom stereocenters. The number of aromatic carboxylic acids is 1. The van der Waals surface area contributed by atoms with E-state index >= 15 is 0 Å². The zero-order valence-electron chi connectivity index (χ0n) is 13.6. The molecule has 0 spiro atoms. The Morgan fingerprint density at radius 2 is 1.68 bits per heavy atom. The number of nitrogens with one attached hydrogen (secondary N) is 1. The largest absolute Gasteiger partial charge is 0.478 e. The van der Waals surface area contributed by atoms with Crippen molar-refractivity contribution in [3.63, 3.8) is 0 Å². The molecule has 3 aromatic rings. The first-order valence-electron chi connectivity index (χ1n) is 8.35. The number of carboxylic acid groups (broad SMARTS) is 1. The molecule has 1 saturated carbocycles. The van der Waals surface area contributed by atoms with Crippen molar-refractivity contribution >= 4 is 16.7 Å². The van der Waals surface area contributed by atoms with Crippen molar-refractivity contribution in [1.82, 2.24) is 9.88 Å². The molecular weight excluding hydrogens is 316 g/mol. The van der Waals surface area contributed by atoms with Crippen LogP contribution in [-0.2, 0) is 6.54 Å². The van der Waals surface area contributed by atoms with Crippen LogP contribution in [0.15, 0.2) is 59.4 Å². The Labute approximate surface area is 144 Å². The zero-order chi connectivity index (χ0) is 17.4. The molecule has 1 fully saturated rings. The predicted molar refractivity (Wildman–Crippen MR) is 96.4 cm³/mol. The van der Waals surface area contributed by atoms with Crippen molar-refractivity contribution in [1.29, 1.82) is 0 Å². The highest BCUT2D eigenvalue weighted by molar-refractivity contribution is 6.04. The molecule has 126 valence electrons. The van der Waals surface area contributed by atoms with E-state index in [1.54, 1.807) is 24.3 Å². The molecule has 0 aliphatic heterocycles. The molecule has 0 unspecified atom stereocenters. The summed E-state index contributed by atoms with van der Waals surface area (Å²) in [4.78, 5) is 25.2. The number of nitrogens with zero attached hydrogens (tertiary/aromatic N) is 1. The van der Waals surface area contributed by atoms with Crippen LogP contribution in [-0.4, -0.2) is 21.7 Å². The molecule has 2 aromatic carbocycles. The normalized spacial score (nSPS) is 13.9. The van der Waals surface area contributed by atoms with E-state index in [1.165, 1.54) is 4.57 Å². The van der Waals surface area contributed by atoms with Gasteiger partial charge in [-0.1, -0.05) is 36.4 Å². The summed E-state index contributed by atoms with van der Waals surface area (Å²) in [7, 11) is 0. The van der Waals surface area contributed by atoms with E-state index in [4.69, 9.17) is 0 Å². The molecule has 4 rings (SSSR count). The summed E-state index contributed by atoms with van der Waals surface area (Å²) in [6.45, 7) is 0.348. The lowest BCUT2D eigenvalue weighted by molar-refractivity contribution is 0.0696. The Balaban J connectivity index is 2.06. The minimum atomic E-state index is -1.02. The number of rotatable bonds is 5. The first-order chi connectivity index (χ1) is 12.2. The van der Waals surface area contributed by atoms with Crippen LogP contribution in [0.4, 0.5) is 0 Å². The van der Waals surface area contributed by atoms with Gasteiger partial charge in [-0.15, -0.1) is 0 Å². The number of aromatic nitrogens is 1. The quantitative estimate of drug-likeness (QED) is 0.752. The SMILES string of the molecule is O=C(O)c1c(CNC2CC2)n(-c2ccccc2)c(=O)c2ccccc12. The lowest BCUT2D eigenvalue weighted by Crippen LogP contribution is -2.29. The molecule has 25 heavy (non-hydrogen) atoms. The molecule has 1 aromatic heterocycles. The number of carboxylic acids is 1. The van der Waals surface area contributed by atoms with Gasteiger partial charge in [0.25, 0.3) is 5.56 Å². The van der Waals surface area contributed by atoms with Gasteiger partial charge in [0.2, 0.25) is 0 Å². The van der Waals surface area contributed by atoms with Crippen LogP contribution in [0.3, 0.4) is 0 Å². The fraction of sp³-hybridized carbons (Fsp3) is 0.200. The Morgan fingerprint density at radius 3 is 2.32 bits per heavy atom. The van der Waals surface area contributed by atoms with Gasteiger partial charge in [0.15, 0.2) is 0 Å². The van der Waals surface area contributed by atoms with E-state index in [1.807, 2.05) is 30.3 Å². The second-order valence-electron chi connectivity index (χ2n) is 6.30. The molecule has 1 aliphatic carbocycles. The Morgan fingerprint density at radius 1 is 1.04 bits per heavy atom. The molecule has 0 amide bonds. The third-order valence-electron chi connectivity index (χ3n) is 4.55. The summed E-state index contributed by atoms with van der Waals surface area (Å²) in [6.07, 6.45) is 2.18. The third-order valence-corrected chi connectivity index (χ3v) is 4.55. The average Bonchev–Trinajstić information content (AvgIpc) is 3.45. The highest BCUT2D eigenvalue weighted by Gasteiger charge is 2.25. The van der Waals surface area contributed by atoms with Crippen molar-refractivity contribution < 1.29 is 9.90 Å². The molecule has 5 heteroatoms. The lowest BCUT2D eigenvalue weighted by Gasteiger charge is -2.18. The van der Waals surface area contributed by atoms with Gasteiger partial charge < -0.3 is 10.4 Å². The second kappa shape index (κ2) is 6.18. The molecule has 1 heterocycles. The fourth-order valence-corrected chi connectivity index (χ4v) is 3.18. The van der Waals surface area contributed by atoms with Crippen molar-refractivity contribution in [2.24, 2.45) is 0 Å². The van der Waals surface area contributed by atoms with Crippen molar-refractivity contribution in [3.05, 3.63) is 76.2 Å². The van der Waals surface area contributed by atoms with Crippen LogP contribution >= 0.6 is 0 Å². The fourth-order valence-electron chi connectivity index (χ4n) is 3.18. The second-order valence-corrected chi connectivity index (χ2v) is 6.30. The van der Waals surface area contributed by atoms with Gasteiger partial charge in [-0.25, -0.2) is 4.79 Å². The topological polar surface area (TPSA) is 71.3 Å². The van der Waals surface area contributed by atoms with Crippen molar-refractivity contribution in [3.8, 4) is 5.69 Å². The first kappa shape index (κ1) is 15.6. The maximum atomic E-state index is 13.1. The zero-order valence-corrected chi connectivity index (χ0v) is 13.6. The summed E-state index contributed by atoms with van der Waals surface area (Å²) in [5.41, 5.74) is 1.16. The molecule has 0 bridgehead atoms. The van der Waals surface area contributed by atoms with E-state index in [0.717, 1.165) is 12.8 Å². The van der Waals surface area contributed by atoms with E-state index in [0.29, 0.717) is 34.7 Å². The van der Waals surface area contributed by atoms with Gasteiger partial charge in [-0.2, -0.15) is 0 Å². The van der Waals surface area contributed by atoms with Crippen LogP contribution in [0, 0.1) is 0 Å². The van der Waals surface area contributed by atoms with Gasteiger partial charge in [0.1, 0.15) is 0 Å². The minimum absolute atomic E-state index is 0.187. The monoisotopic (exact) mass is 334 g/mol. The van der Waals surface area contributed by atoms with Gasteiger partial charge in [-0.05, 0) is 31.0 Å². The Bertz CT molecular complexity index is 1000. The molecule has 0 saturated heterocycles. The summed E-state index contributed by atoms with van der Waals surface area (Å²) < 4.78 is 1.53. The maximum Gasteiger partial charge on any atom is 0.338 e. The van der Waals surface area contributed by atoms with E-state index in [-0.39, 0.29) is 11.1 Å². The molecule has 0 radical (unpaired) electrons. The molecule has 2 N–H and O–H groups in total. The average molecular weight is 334 g/mol. The van der Waals surface area contributed by atoms with Crippen LogP contribution < -0.4 is 10.9 Å². The summed E-state index contributed by atoms with van der Waals surface area (Å²) >= 11 is 0. The van der Waals surface area contributed by atoms with E-state index in [9.17, 15) is 14.7 Å². The van der Waals surface area contributed by atoms with Crippen LogP contribution in [0.25, 0.3) is 16.5 Å². The van der Waals surface area contributed by atoms with Crippen molar-refractivity contribution in [2.45, 2.75) is 25.4 Å². The first-order valence-corrected chi connectivity index (χ1v) is 8.35. The summed E-state index contributed by atoms with van der Waals surface area (Å²) in [6, 6.07) is 16.5. The van der Waals surface area contributed by atoms with Crippen LogP contribution in [0.5, 0.6) is 0 Å². The smallest absolute Gasteiger partial charge is 0.338 e. The molecule has 1 aliphatic rings. The highest BCUT2D eigenvalue weighted by atomic mass is 16.4. The number of fused-ring (bicyclic) bond motifs is 1. The van der Waals surface area contributed by atoms with Gasteiger partial charge in [-0.3, -0.25) is 9.36 Å². The van der Waals surface area contributed by atoms with Gasteiger partial charge in [0.05, 0.1) is 11.3 Å². The number of hydrogen-bond acceptors (Lipinski definition) is 3. The maximum absolute atomic E-state index is 13.1.